The van der Waals surface area contributed by atoms with E-state index in [2.05, 4.69) is 33.6 Å². The van der Waals surface area contributed by atoms with E-state index in [4.69, 9.17) is 10.00 Å². The average Bonchev–Trinajstić information content (AvgIpc) is 2.53. The Morgan fingerprint density at radius 1 is 1.29 bits per heavy atom. The number of nitrogens with zero attached hydrogens (tertiary/aromatic N) is 3. The number of benzene rings is 1. The second kappa shape index (κ2) is 7.10. The number of hydrogen-bond donors (Lipinski definition) is 2. The first kappa shape index (κ1) is 14.6. The van der Waals surface area contributed by atoms with Crippen molar-refractivity contribution in [3.8, 4) is 11.8 Å². The molecule has 0 radical (unpaired) electrons. The molecule has 2 rings (SSSR count). The first-order valence-corrected chi connectivity index (χ1v) is 6.68. The normalized spacial score (nSPS) is 9.76. The van der Waals surface area contributed by atoms with Gasteiger partial charge in [-0.2, -0.15) is 5.26 Å². The van der Waals surface area contributed by atoms with Gasteiger partial charge in [-0.25, -0.2) is 4.98 Å². The van der Waals surface area contributed by atoms with Gasteiger partial charge in [0, 0.05) is 12.6 Å². The summed E-state index contributed by atoms with van der Waals surface area (Å²) in [5.74, 6) is 1.91. The van der Waals surface area contributed by atoms with Crippen LogP contribution in [0.25, 0.3) is 0 Å². The van der Waals surface area contributed by atoms with Crippen LogP contribution in [-0.2, 0) is 0 Å². The molecule has 1 aromatic carbocycles. The predicted octanol–water partition coefficient (Wildman–Crippen LogP) is 2.92. The van der Waals surface area contributed by atoms with Crippen molar-refractivity contribution in [3.05, 3.63) is 36.2 Å². The first-order chi connectivity index (χ1) is 10.3. The minimum Gasteiger partial charge on any atom is -0.495 e. The van der Waals surface area contributed by atoms with Crippen molar-refractivity contribution in [1.82, 2.24) is 9.97 Å². The molecule has 0 fully saturated rings. The van der Waals surface area contributed by atoms with E-state index < -0.39 is 0 Å². The third-order valence-electron chi connectivity index (χ3n) is 2.78. The van der Waals surface area contributed by atoms with Gasteiger partial charge in [0.15, 0.2) is 5.82 Å². The summed E-state index contributed by atoms with van der Waals surface area (Å²) >= 11 is 0. The highest BCUT2D eigenvalue weighted by Crippen LogP contribution is 2.27. The lowest BCUT2D eigenvalue weighted by molar-refractivity contribution is 0.416. The van der Waals surface area contributed by atoms with Gasteiger partial charge in [0.2, 0.25) is 0 Å². The van der Waals surface area contributed by atoms with Crippen molar-refractivity contribution in [2.24, 2.45) is 0 Å². The number of aromatic nitrogens is 2. The quantitative estimate of drug-likeness (QED) is 0.848. The fraction of sp³-hybridized carbons (Fsp3) is 0.267. The van der Waals surface area contributed by atoms with E-state index in [0.29, 0.717) is 17.1 Å². The molecular formula is C15H17N5O. The first-order valence-electron chi connectivity index (χ1n) is 6.68. The summed E-state index contributed by atoms with van der Waals surface area (Å²) in [4.78, 5) is 8.56. The van der Waals surface area contributed by atoms with Crippen LogP contribution in [-0.4, -0.2) is 23.6 Å². The van der Waals surface area contributed by atoms with Crippen molar-refractivity contribution >= 4 is 17.3 Å². The number of nitrogens with one attached hydrogen (secondary N) is 2. The summed E-state index contributed by atoms with van der Waals surface area (Å²) in [6.07, 6.45) is 4.33. The smallest absolute Gasteiger partial charge is 0.151 e. The Labute approximate surface area is 123 Å². The molecule has 6 nitrogen and oxygen atoms in total. The van der Waals surface area contributed by atoms with Crippen molar-refractivity contribution in [1.29, 1.82) is 5.26 Å². The predicted molar refractivity (Wildman–Crippen MR) is 81.8 cm³/mol. The van der Waals surface area contributed by atoms with Crippen molar-refractivity contribution < 1.29 is 4.74 Å². The van der Waals surface area contributed by atoms with Crippen LogP contribution >= 0.6 is 0 Å². The van der Waals surface area contributed by atoms with Crippen LogP contribution in [0.3, 0.4) is 0 Å². The Morgan fingerprint density at radius 2 is 2.10 bits per heavy atom. The number of anilines is 3. The van der Waals surface area contributed by atoms with E-state index in [1.54, 1.807) is 37.7 Å². The van der Waals surface area contributed by atoms with Crippen LogP contribution in [0.1, 0.15) is 18.9 Å². The summed E-state index contributed by atoms with van der Waals surface area (Å²) in [5.41, 5.74) is 1.28. The lowest BCUT2D eigenvalue weighted by atomic mass is 10.2. The van der Waals surface area contributed by atoms with Crippen LogP contribution in [0.15, 0.2) is 30.6 Å². The molecule has 1 aromatic heterocycles. The van der Waals surface area contributed by atoms with Crippen LogP contribution in [0.5, 0.6) is 5.75 Å². The molecular weight excluding hydrogens is 266 g/mol. The molecule has 2 aromatic rings. The molecule has 1 heterocycles. The lowest BCUT2D eigenvalue weighted by Crippen LogP contribution is -2.04. The molecule has 0 aliphatic rings. The van der Waals surface area contributed by atoms with Gasteiger partial charge in [-0.05, 0) is 18.6 Å². The molecule has 0 saturated heterocycles. The van der Waals surface area contributed by atoms with Gasteiger partial charge in [-0.3, -0.25) is 4.98 Å². The van der Waals surface area contributed by atoms with Gasteiger partial charge >= 0.3 is 0 Å². The molecule has 0 atom stereocenters. The maximum atomic E-state index is 8.90. The van der Waals surface area contributed by atoms with Crippen molar-refractivity contribution in [3.63, 3.8) is 0 Å². The molecule has 6 heteroatoms. The average molecular weight is 283 g/mol. The van der Waals surface area contributed by atoms with Gasteiger partial charge in [0.1, 0.15) is 11.6 Å². The third kappa shape index (κ3) is 3.83. The highest BCUT2D eigenvalue weighted by molar-refractivity contribution is 5.66. The second-order valence-corrected chi connectivity index (χ2v) is 4.37. The molecule has 0 aliphatic carbocycles. The van der Waals surface area contributed by atoms with E-state index in [-0.39, 0.29) is 0 Å². The van der Waals surface area contributed by atoms with Gasteiger partial charge in [-0.15, -0.1) is 0 Å². The zero-order chi connectivity index (χ0) is 15.1. The molecule has 21 heavy (non-hydrogen) atoms. The molecule has 0 amide bonds. The van der Waals surface area contributed by atoms with Crippen molar-refractivity contribution in [2.75, 3.05) is 24.3 Å². The monoisotopic (exact) mass is 283 g/mol. The minimum atomic E-state index is 0.543. The zero-order valence-corrected chi connectivity index (χ0v) is 12.1. The van der Waals surface area contributed by atoms with Crippen molar-refractivity contribution in [2.45, 2.75) is 13.3 Å². The number of ether oxygens (including phenoxy) is 1. The summed E-state index contributed by atoms with van der Waals surface area (Å²) in [6, 6.07) is 7.26. The van der Waals surface area contributed by atoms with Crippen LogP contribution in [0.2, 0.25) is 0 Å². The Hall–Kier alpha value is -2.81. The van der Waals surface area contributed by atoms with E-state index in [9.17, 15) is 0 Å². The van der Waals surface area contributed by atoms with E-state index >= 15 is 0 Å². The highest BCUT2D eigenvalue weighted by Gasteiger charge is 2.06. The molecule has 0 spiro atoms. The van der Waals surface area contributed by atoms with E-state index in [1.807, 2.05) is 0 Å². The lowest BCUT2D eigenvalue weighted by Gasteiger charge is -2.11. The van der Waals surface area contributed by atoms with Crippen LogP contribution < -0.4 is 15.4 Å². The molecule has 0 unspecified atom stereocenters. The summed E-state index contributed by atoms with van der Waals surface area (Å²) in [5, 5.41) is 15.2. The largest absolute Gasteiger partial charge is 0.495 e. The number of hydrogen-bond acceptors (Lipinski definition) is 6. The summed E-state index contributed by atoms with van der Waals surface area (Å²) < 4.78 is 5.28. The van der Waals surface area contributed by atoms with Gasteiger partial charge in [-0.1, -0.05) is 6.92 Å². The molecule has 2 N–H and O–H groups in total. The van der Waals surface area contributed by atoms with Gasteiger partial charge in [0.25, 0.3) is 0 Å². The third-order valence-corrected chi connectivity index (χ3v) is 2.78. The maximum Gasteiger partial charge on any atom is 0.151 e. The Balaban J connectivity index is 2.20. The van der Waals surface area contributed by atoms with E-state index in [1.165, 1.54) is 0 Å². The van der Waals surface area contributed by atoms with Gasteiger partial charge < -0.3 is 15.4 Å². The second-order valence-electron chi connectivity index (χ2n) is 4.37. The highest BCUT2D eigenvalue weighted by atomic mass is 16.5. The van der Waals surface area contributed by atoms with Crippen LogP contribution in [0.4, 0.5) is 17.3 Å². The molecule has 0 aliphatic heterocycles. The fourth-order valence-electron chi connectivity index (χ4n) is 1.77. The summed E-state index contributed by atoms with van der Waals surface area (Å²) in [6.45, 7) is 2.93. The minimum absolute atomic E-state index is 0.543. The maximum absolute atomic E-state index is 8.90. The van der Waals surface area contributed by atoms with Crippen LogP contribution in [0, 0.1) is 11.3 Å². The summed E-state index contributed by atoms with van der Waals surface area (Å²) in [7, 11) is 1.56. The number of nitriles is 1. The van der Waals surface area contributed by atoms with Gasteiger partial charge in [0.05, 0.1) is 36.8 Å². The SMILES string of the molecule is CCCNc1cncc(Nc2ccc(C#N)cc2OC)n1. The number of methoxy groups -OCH3 is 1. The molecule has 0 saturated carbocycles. The zero-order valence-electron chi connectivity index (χ0n) is 12.1. The topological polar surface area (TPSA) is 82.9 Å². The fourth-order valence-corrected chi connectivity index (χ4v) is 1.77. The van der Waals surface area contributed by atoms with E-state index in [0.717, 1.165) is 24.5 Å². The Bertz CT molecular complexity index is 651. The Morgan fingerprint density at radius 3 is 2.81 bits per heavy atom. The standard InChI is InChI=1S/C15H17N5O/c1-3-6-18-14-9-17-10-15(20-14)19-12-5-4-11(8-16)7-13(12)21-2/h4-5,7,9-10H,3,6H2,1-2H3,(H2,18,19,20). The Kier molecular flexibility index (Phi) is 4.94. The molecule has 108 valence electrons. The number of rotatable bonds is 6. The molecule has 0 bridgehead atoms.